The SMILES string of the molecule is COc1ccc(CN2CC[C@@H](c3nccc(C)n3)C2)c(F)c1. The third kappa shape index (κ3) is 3.25. The van der Waals surface area contributed by atoms with Gasteiger partial charge in [-0.2, -0.15) is 0 Å². The molecular formula is C17H20FN3O. The number of hydrogen-bond donors (Lipinski definition) is 0. The van der Waals surface area contributed by atoms with E-state index in [1.54, 1.807) is 19.2 Å². The number of methoxy groups -OCH3 is 1. The number of aryl methyl sites for hydroxylation is 1. The van der Waals surface area contributed by atoms with E-state index in [0.29, 0.717) is 23.8 Å². The summed E-state index contributed by atoms with van der Waals surface area (Å²) in [5.41, 5.74) is 1.69. The Bertz CT molecular complexity index is 662. The van der Waals surface area contributed by atoms with Crippen LogP contribution in [0, 0.1) is 12.7 Å². The van der Waals surface area contributed by atoms with E-state index in [1.807, 2.05) is 19.2 Å². The van der Waals surface area contributed by atoms with Gasteiger partial charge in [0.25, 0.3) is 0 Å². The van der Waals surface area contributed by atoms with E-state index in [9.17, 15) is 4.39 Å². The van der Waals surface area contributed by atoms with Crippen molar-refractivity contribution in [2.24, 2.45) is 0 Å². The first-order valence-electron chi connectivity index (χ1n) is 7.50. The largest absolute Gasteiger partial charge is 0.497 e. The van der Waals surface area contributed by atoms with Crippen molar-refractivity contribution in [3.63, 3.8) is 0 Å². The molecule has 0 aliphatic carbocycles. The molecule has 22 heavy (non-hydrogen) atoms. The van der Waals surface area contributed by atoms with E-state index in [0.717, 1.165) is 31.0 Å². The molecule has 5 heteroatoms. The number of likely N-dealkylation sites (tertiary alicyclic amines) is 1. The predicted octanol–water partition coefficient (Wildman–Crippen LogP) is 2.92. The third-order valence-electron chi connectivity index (χ3n) is 4.11. The molecule has 3 rings (SSSR count). The van der Waals surface area contributed by atoms with Crippen LogP contribution < -0.4 is 4.74 Å². The van der Waals surface area contributed by atoms with Gasteiger partial charge in [0.05, 0.1) is 7.11 Å². The molecule has 0 unspecified atom stereocenters. The van der Waals surface area contributed by atoms with Gasteiger partial charge in [0.2, 0.25) is 0 Å². The molecule has 0 amide bonds. The van der Waals surface area contributed by atoms with E-state index in [-0.39, 0.29) is 5.82 Å². The number of hydrogen-bond acceptors (Lipinski definition) is 4. The molecule has 1 fully saturated rings. The van der Waals surface area contributed by atoms with Crippen molar-refractivity contribution in [3.05, 3.63) is 53.4 Å². The van der Waals surface area contributed by atoms with Crippen LogP contribution in [0.1, 0.15) is 29.4 Å². The van der Waals surface area contributed by atoms with Crippen LogP contribution in [-0.4, -0.2) is 35.1 Å². The summed E-state index contributed by atoms with van der Waals surface area (Å²) in [6.45, 7) is 4.39. The number of benzene rings is 1. The van der Waals surface area contributed by atoms with Crippen LogP contribution in [0.2, 0.25) is 0 Å². The molecule has 116 valence electrons. The summed E-state index contributed by atoms with van der Waals surface area (Å²) in [5, 5.41) is 0. The predicted molar refractivity (Wildman–Crippen MR) is 82.4 cm³/mol. The highest BCUT2D eigenvalue weighted by Gasteiger charge is 2.26. The Labute approximate surface area is 130 Å². The summed E-state index contributed by atoms with van der Waals surface area (Å²) in [6.07, 6.45) is 2.82. The second kappa shape index (κ2) is 6.40. The van der Waals surface area contributed by atoms with Gasteiger partial charge in [-0.25, -0.2) is 14.4 Å². The van der Waals surface area contributed by atoms with Crippen molar-refractivity contribution in [1.82, 2.24) is 14.9 Å². The summed E-state index contributed by atoms with van der Waals surface area (Å²) < 4.78 is 19.1. The molecule has 1 aromatic heterocycles. The zero-order chi connectivity index (χ0) is 15.5. The molecule has 1 aliphatic heterocycles. The fourth-order valence-corrected chi connectivity index (χ4v) is 2.88. The highest BCUT2D eigenvalue weighted by Crippen LogP contribution is 2.27. The number of rotatable bonds is 4. The smallest absolute Gasteiger partial charge is 0.132 e. The Morgan fingerprint density at radius 1 is 1.36 bits per heavy atom. The van der Waals surface area contributed by atoms with E-state index in [1.165, 1.54) is 6.07 Å². The van der Waals surface area contributed by atoms with Gasteiger partial charge < -0.3 is 4.74 Å². The molecule has 0 bridgehead atoms. The number of halogens is 1. The van der Waals surface area contributed by atoms with Crippen molar-refractivity contribution in [1.29, 1.82) is 0 Å². The van der Waals surface area contributed by atoms with Gasteiger partial charge in [-0.3, -0.25) is 4.90 Å². The molecule has 1 atom stereocenters. The first-order valence-corrected chi connectivity index (χ1v) is 7.50. The zero-order valence-corrected chi connectivity index (χ0v) is 12.9. The maximum atomic E-state index is 14.0. The second-order valence-electron chi connectivity index (χ2n) is 5.73. The van der Waals surface area contributed by atoms with Gasteiger partial charge in [0, 0.05) is 42.5 Å². The van der Waals surface area contributed by atoms with Crippen LogP contribution in [0.15, 0.2) is 30.5 Å². The third-order valence-corrected chi connectivity index (χ3v) is 4.11. The lowest BCUT2D eigenvalue weighted by Gasteiger charge is -2.16. The van der Waals surface area contributed by atoms with Crippen LogP contribution in [0.25, 0.3) is 0 Å². The number of ether oxygens (including phenoxy) is 1. The van der Waals surface area contributed by atoms with Crippen molar-refractivity contribution in [3.8, 4) is 5.75 Å². The van der Waals surface area contributed by atoms with Gasteiger partial charge in [-0.1, -0.05) is 6.07 Å². The first-order chi connectivity index (χ1) is 10.7. The van der Waals surface area contributed by atoms with Crippen LogP contribution in [-0.2, 0) is 6.54 Å². The molecule has 4 nitrogen and oxygen atoms in total. The second-order valence-corrected chi connectivity index (χ2v) is 5.73. The van der Waals surface area contributed by atoms with Gasteiger partial charge in [0.1, 0.15) is 17.4 Å². The Hall–Kier alpha value is -2.01. The molecule has 2 heterocycles. The fraction of sp³-hybridized carbons (Fsp3) is 0.412. The molecular weight excluding hydrogens is 281 g/mol. The standard InChI is InChI=1S/C17H20FN3O/c1-12-5-7-19-17(20-12)14-6-8-21(11-14)10-13-3-4-15(22-2)9-16(13)18/h3-5,7,9,14H,6,8,10-11H2,1-2H3/t14-/m1/s1. The lowest BCUT2D eigenvalue weighted by Crippen LogP contribution is -2.21. The minimum atomic E-state index is -0.213. The van der Waals surface area contributed by atoms with E-state index in [2.05, 4.69) is 14.9 Å². The summed E-state index contributed by atoms with van der Waals surface area (Å²) in [5.74, 6) is 1.57. The molecule has 2 aromatic rings. The molecule has 1 aliphatic rings. The Morgan fingerprint density at radius 2 is 2.23 bits per heavy atom. The van der Waals surface area contributed by atoms with E-state index in [4.69, 9.17) is 4.74 Å². The summed E-state index contributed by atoms with van der Waals surface area (Å²) in [6, 6.07) is 6.94. The fourth-order valence-electron chi connectivity index (χ4n) is 2.88. The Kier molecular flexibility index (Phi) is 4.34. The van der Waals surface area contributed by atoms with Gasteiger partial charge in [0.15, 0.2) is 0 Å². The summed E-state index contributed by atoms with van der Waals surface area (Å²) >= 11 is 0. The van der Waals surface area contributed by atoms with Crippen LogP contribution >= 0.6 is 0 Å². The maximum absolute atomic E-state index is 14.0. The highest BCUT2D eigenvalue weighted by molar-refractivity contribution is 5.29. The van der Waals surface area contributed by atoms with E-state index >= 15 is 0 Å². The first kappa shape index (κ1) is 14.9. The lowest BCUT2D eigenvalue weighted by atomic mass is 10.1. The maximum Gasteiger partial charge on any atom is 0.132 e. The van der Waals surface area contributed by atoms with Gasteiger partial charge in [-0.05, 0) is 32.0 Å². The average Bonchev–Trinajstić information content (AvgIpc) is 2.98. The Morgan fingerprint density at radius 3 is 2.95 bits per heavy atom. The van der Waals surface area contributed by atoms with Crippen molar-refractivity contribution in [2.45, 2.75) is 25.8 Å². The molecule has 0 N–H and O–H groups in total. The van der Waals surface area contributed by atoms with Crippen LogP contribution in [0.4, 0.5) is 4.39 Å². The van der Waals surface area contributed by atoms with Crippen LogP contribution in [0.3, 0.4) is 0 Å². The van der Waals surface area contributed by atoms with Crippen LogP contribution in [0.5, 0.6) is 5.75 Å². The average molecular weight is 301 g/mol. The zero-order valence-electron chi connectivity index (χ0n) is 12.9. The summed E-state index contributed by atoms with van der Waals surface area (Å²) in [4.78, 5) is 11.1. The molecule has 0 spiro atoms. The van der Waals surface area contributed by atoms with Crippen molar-refractivity contribution < 1.29 is 9.13 Å². The monoisotopic (exact) mass is 301 g/mol. The minimum absolute atomic E-state index is 0.213. The highest BCUT2D eigenvalue weighted by atomic mass is 19.1. The topological polar surface area (TPSA) is 38.2 Å². The quantitative estimate of drug-likeness (QED) is 0.870. The van der Waals surface area contributed by atoms with E-state index < -0.39 is 0 Å². The number of aromatic nitrogens is 2. The normalized spacial score (nSPS) is 18.6. The van der Waals surface area contributed by atoms with Crippen molar-refractivity contribution in [2.75, 3.05) is 20.2 Å². The lowest BCUT2D eigenvalue weighted by molar-refractivity contribution is 0.319. The molecule has 0 radical (unpaired) electrons. The number of nitrogens with zero attached hydrogens (tertiary/aromatic N) is 3. The van der Waals surface area contributed by atoms with Gasteiger partial charge in [-0.15, -0.1) is 0 Å². The minimum Gasteiger partial charge on any atom is -0.497 e. The van der Waals surface area contributed by atoms with Gasteiger partial charge >= 0.3 is 0 Å². The summed E-state index contributed by atoms with van der Waals surface area (Å²) in [7, 11) is 1.54. The molecule has 1 aromatic carbocycles. The molecule has 1 saturated heterocycles. The Balaban J connectivity index is 1.66. The van der Waals surface area contributed by atoms with Crippen molar-refractivity contribution >= 4 is 0 Å². The molecule has 0 saturated carbocycles.